The number of carbonyl (C=O) groups is 5. The van der Waals surface area contributed by atoms with Gasteiger partial charge in [-0.05, 0) is 104 Å². The zero-order valence-electron chi connectivity index (χ0n) is 38.7. The van der Waals surface area contributed by atoms with Gasteiger partial charge in [0.1, 0.15) is 41.7 Å². The van der Waals surface area contributed by atoms with Gasteiger partial charge in [0.05, 0.1) is 5.92 Å². The van der Waals surface area contributed by atoms with Crippen LogP contribution in [0.4, 0.5) is 0 Å². The number of Topliss-reactive ketones (excluding diaryl/α,β-unsaturated/α-hetero) is 2. The fourth-order valence-electron chi connectivity index (χ4n) is 8.76. The van der Waals surface area contributed by atoms with Gasteiger partial charge in [0, 0.05) is 22.3 Å². The summed E-state index contributed by atoms with van der Waals surface area (Å²) in [6, 6.07) is 0.162. The molecule has 4 atom stereocenters. The highest BCUT2D eigenvalue weighted by Crippen LogP contribution is 2.42. The van der Waals surface area contributed by atoms with E-state index in [9.17, 15) is 24.0 Å². The molecular weight excluding hydrogens is 682 g/mol. The van der Waals surface area contributed by atoms with Gasteiger partial charge in [-0.1, -0.05) is 96.9 Å². The van der Waals surface area contributed by atoms with Crippen LogP contribution < -0.4 is 0 Å². The summed E-state index contributed by atoms with van der Waals surface area (Å²) in [4.78, 5) is 68.8. The molecule has 0 aliphatic carbocycles. The smallest absolute Gasteiger partial charge is 0.313 e. The third kappa shape index (κ3) is 19.0. The molecule has 0 aromatic heterocycles. The minimum absolute atomic E-state index is 0.0778. The summed E-state index contributed by atoms with van der Waals surface area (Å²) in [7, 11) is 3.98. The van der Waals surface area contributed by atoms with E-state index >= 15 is 0 Å². The Kier molecular flexibility index (Phi) is 18.4. The second kappa shape index (κ2) is 19.2. The number of nitrogens with zero attached hydrogens (tertiary/aromatic N) is 1. The molecule has 54 heavy (non-hydrogen) atoms. The Morgan fingerprint density at radius 2 is 0.981 bits per heavy atom. The lowest BCUT2D eigenvalue weighted by atomic mass is 9.71. The molecule has 0 amide bonds. The lowest BCUT2D eigenvalue weighted by molar-refractivity contribution is -0.178. The van der Waals surface area contributed by atoms with Crippen LogP contribution in [0.3, 0.4) is 0 Å². The van der Waals surface area contributed by atoms with Crippen LogP contribution in [-0.4, -0.2) is 71.8 Å². The zero-order chi connectivity index (χ0) is 43.1. The van der Waals surface area contributed by atoms with Gasteiger partial charge < -0.3 is 19.1 Å². The standard InChI is InChI=1S/C45H83NO8/c1-22-32(23-31(3)46(20)21)38(51)52-37(30(2)26-44(16,17)53-35(49)24-33(47)41(10,11)27-39(4,5)6)43(14,15)29-45(18,19)54-36(50)25-34(48)42(12,13)28-40(7,8)9/h30-32,37H,22-29H2,1-21H3. The Labute approximate surface area is 331 Å². The SMILES string of the molecule is CCC(CC(C)N(C)C)C(=O)OC(C(C)CC(C)(C)OC(=O)CC(=O)C(C)(C)CC(C)(C)C)C(C)(C)CC(C)(C)OC(=O)CC(=O)C(C)(C)CC(C)(C)C. The van der Waals surface area contributed by atoms with Crippen molar-refractivity contribution in [3.8, 4) is 0 Å². The van der Waals surface area contributed by atoms with Gasteiger partial charge in [-0.15, -0.1) is 0 Å². The number of rotatable bonds is 22. The van der Waals surface area contributed by atoms with Crippen molar-refractivity contribution >= 4 is 29.5 Å². The molecule has 0 aromatic carbocycles. The van der Waals surface area contributed by atoms with Crippen LogP contribution in [-0.2, 0) is 38.2 Å². The van der Waals surface area contributed by atoms with E-state index in [1.807, 2.05) is 97.2 Å². The largest absolute Gasteiger partial charge is 0.461 e. The third-order valence-corrected chi connectivity index (χ3v) is 10.4. The van der Waals surface area contributed by atoms with Gasteiger partial charge in [0.15, 0.2) is 0 Å². The van der Waals surface area contributed by atoms with Gasteiger partial charge in [0.25, 0.3) is 0 Å². The molecule has 0 aliphatic heterocycles. The molecule has 0 radical (unpaired) electrons. The number of esters is 3. The quantitative estimate of drug-likeness (QED) is 0.0603. The minimum Gasteiger partial charge on any atom is -0.461 e. The normalized spacial score (nSPS) is 16.0. The van der Waals surface area contributed by atoms with Gasteiger partial charge in [-0.25, -0.2) is 0 Å². The van der Waals surface area contributed by atoms with Crippen molar-refractivity contribution in [2.75, 3.05) is 14.1 Å². The van der Waals surface area contributed by atoms with Gasteiger partial charge in [-0.3, -0.25) is 24.0 Å². The molecule has 0 bridgehead atoms. The Balaban J connectivity index is 6.34. The molecule has 0 aromatic rings. The maximum absolute atomic E-state index is 13.9. The Bertz CT molecular complexity index is 1280. The van der Waals surface area contributed by atoms with Crippen molar-refractivity contribution in [3.63, 3.8) is 0 Å². The first-order chi connectivity index (χ1) is 23.9. The molecular formula is C45H83NO8. The van der Waals surface area contributed by atoms with Gasteiger partial charge in [0.2, 0.25) is 0 Å². The highest BCUT2D eigenvalue weighted by molar-refractivity contribution is 5.99. The average molecular weight is 766 g/mol. The van der Waals surface area contributed by atoms with E-state index in [-0.39, 0.29) is 59.1 Å². The van der Waals surface area contributed by atoms with Crippen LogP contribution in [0.5, 0.6) is 0 Å². The molecule has 0 saturated carbocycles. The van der Waals surface area contributed by atoms with Crippen LogP contribution in [0, 0.1) is 38.9 Å². The summed E-state index contributed by atoms with van der Waals surface area (Å²) in [6.45, 7) is 37.2. The van der Waals surface area contributed by atoms with Crippen molar-refractivity contribution < 1.29 is 38.2 Å². The van der Waals surface area contributed by atoms with E-state index in [1.165, 1.54) is 0 Å². The van der Waals surface area contributed by atoms with Crippen molar-refractivity contribution in [1.82, 2.24) is 4.90 Å². The molecule has 9 nitrogen and oxygen atoms in total. The summed E-state index contributed by atoms with van der Waals surface area (Å²) in [5, 5.41) is 0. The van der Waals surface area contributed by atoms with E-state index in [0.717, 1.165) is 0 Å². The Morgan fingerprint density at radius 1 is 0.593 bits per heavy atom. The highest BCUT2D eigenvalue weighted by Gasteiger charge is 2.45. The maximum Gasteiger partial charge on any atom is 0.313 e. The molecule has 0 rings (SSSR count). The second-order valence-corrected chi connectivity index (χ2v) is 22.3. The van der Waals surface area contributed by atoms with Crippen LogP contribution in [0.25, 0.3) is 0 Å². The van der Waals surface area contributed by atoms with Crippen LogP contribution in [0.15, 0.2) is 0 Å². The van der Waals surface area contributed by atoms with Crippen LogP contribution in [0.1, 0.15) is 183 Å². The van der Waals surface area contributed by atoms with Gasteiger partial charge >= 0.3 is 17.9 Å². The number of ketones is 2. The number of carbonyl (C=O) groups excluding carboxylic acids is 5. The second-order valence-electron chi connectivity index (χ2n) is 22.3. The summed E-state index contributed by atoms with van der Waals surface area (Å²) in [5.74, 6) is -2.39. The minimum atomic E-state index is -0.995. The van der Waals surface area contributed by atoms with Crippen LogP contribution in [0.2, 0.25) is 0 Å². The third-order valence-electron chi connectivity index (χ3n) is 10.4. The fourth-order valence-corrected chi connectivity index (χ4v) is 8.76. The molecule has 0 saturated heterocycles. The first-order valence-electron chi connectivity index (χ1n) is 20.2. The molecule has 0 aliphatic rings. The van der Waals surface area contributed by atoms with E-state index in [1.54, 1.807) is 0 Å². The molecule has 0 spiro atoms. The van der Waals surface area contributed by atoms with E-state index < -0.39 is 45.5 Å². The molecule has 316 valence electrons. The van der Waals surface area contributed by atoms with Crippen molar-refractivity contribution in [2.24, 2.45) is 38.9 Å². The molecule has 4 unspecified atom stereocenters. The topological polar surface area (TPSA) is 116 Å². The average Bonchev–Trinajstić information content (AvgIpc) is 2.89. The number of hydrogen-bond donors (Lipinski definition) is 0. The first kappa shape index (κ1) is 51.7. The van der Waals surface area contributed by atoms with E-state index in [4.69, 9.17) is 14.2 Å². The van der Waals surface area contributed by atoms with Crippen molar-refractivity contribution in [2.45, 2.75) is 206 Å². The van der Waals surface area contributed by atoms with Gasteiger partial charge in [-0.2, -0.15) is 0 Å². The Morgan fingerprint density at radius 3 is 1.33 bits per heavy atom. The summed E-state index contributed by atoms with van der Waals surface area (Å²) in [6.07, 6.45) is 1.91. The zero-order valence-corrected chi connectivity index (χ0v) is 38.7. The maximum atomic E-state index is 13.9. The van der Waals surface area contributed by atoms with Crippen molar-refractivity contribution in [1.29, 1.82) is 0 Å². The Hall–Kier alpha value is -2.29. The monoisotopic (exact) mass is 766 g/mol. The lowest BCUT2D eigenvalue weighted by Crippen LogP contribution is -2.47. The van der Waals surface area contributed by atoms with E-state index in [2.05, 4.69) is 53.4 Å². The summed E-state index contributed by atoms with van der Waals surface area (Å²) >= 11 is 0. The lowest BCUT2D eigenvalue weighted by Gasteiger charge is -2.43. The van der Waals surface area contributed by atoms with Crippen LogP contribution >= 0.6 is 0 Å². The molecule has 9 heteroatoms. The number of ether oxygens (including phenoxy) is 3. The highest BCUT2D eigenvalue weighted by atomic mass is 16.6. The number of hydrogen-bond acceptors (Lipinski definition) is 9. The molecule has 0 fully saturated rings. The molecule has 0 N–H and O–H groups in total. The predicted octanol–water partition coefficient (Wildman–Crippen LogP) is 10.2. The fraction of sp³-hybridized carbons (Fsp3) is 0.889. The van der Waals surface area contributed by atoms with E-state index in [0.29, 0.717) is 38.5 Å². The summed E-state index contributed by atoms with van der Waals surface area (Å²) < 4.78 is 18.4. The summed E-state index contributed by atoms with van der Waals surface area (Å²) in [5.41, 5.74) is -4.20. The predicted molar refractivity (Wildman–Crippen MR) is 219 cm³/mol. The first-order valence-corrected chi connectivity index (χ1v) is 20.2. The van der Waals surface area contributed by atoms with Crippen molar-refractivity contribution in [3.05, 3.63) is 0 Å². The molecule has 0 heterocycles.